The van der Waals surface area contributed by atoms with E-state index in [1.807, 2.05) is 0 Å². The van der Waals surface area contributed by atoms with E-state index >= 15 is 0 Å². The van der Waals surface area contributed by atoms with Gasteiger partial charge in [0, 0.05) is 18.7 Å². The molecule has 17 heavy (non-hydrogen) atoms. The van der Waals surface area contributed by atoms with Crippen LogP contribution in [-0.4, -0.2) is 29.1 Å². The standard InChI is InChI=1S/C11H13FN2O2S/c12-9-3-1-8(2-4-9)7-10(14-16)11(15)13-5-6-17/h1-4,16-17H,5-7H2,(H,13,15)/b14-10+. The van der Waals surface area contributed by atoms with Crippen molar-refractivity contribution in [3.8, 4) is 0 Å². The van der Waals surface area contributed by atoms with Crippen LogP contribution in [0.15, 0.2) is 29.4 Å². The van der Waals surface area contributed by atoms with Gasteiger partial charge >= 0.3 is 0 Å². The summed E-state index contributed by atoms with van der Waals surface area (Å²) in [4.78, 5) is 11.5. The highest BCUT2D eigenvalue weighted by Gasteiger charge is 2.12. The van der Waals surface area contributed by atoms with Crippen LogP contribution in [0.5, 0.6) is 0 Å². The van der Waals surface area contributed by atoms with Crippen molar-refractivity contribution in [3.63, 3.8) is 0 Å². The molecule has 0 atom stereocenters. The van der Waals surface area contributed by atoms with E-state index in [4.69, 9.17) is 5.21 Å². The van der Waals surface area contributed by atoms with Gasteiger partial charge in [-0.25, -0.2) is 4.39 Å². The van der Waals surface area contributed by atoms with Crippen molar-refractivity contribution in [2.24, 2.45) is 5.16 Å². The molecule has 0 saturated carbocycles. The molecule has 0 aromatic heterocycles. The van der Waals surface area contributed by atoms with Gasteiger partial charge in [-0.2, -0.15) is 12.6 Å². The Morgan fingerprint density at radius 3 is 2.59 bits per heavy atom. The second-order valence-corrected chi connectivity index (χ2v) is 3.78. The number of hydrogen-bond donors (Lipinski definition) is 3. The number of amides is 1. The molecular weight excluding hydrogens is 243 g/mol. The summed E-state index contributed by atoms with van der Waals surface area (Å²) in [5.74, 6) is -0.303. The largest absolute Gasteiger partial charge is 0.410 e. The van der Waals surface area contributed by atoms with Crippen LogP contribution < -0.4 is 5.32 Å². The van der Waals surface area contributed by atoms with Gasteiger partial charge in [0.1, 0.15) is 11.5 Å². The molecule has 0 unspecified atom stereocenters. The minimum atomic E-state index is -0.453. The van der Waals surface area contributed by atoms with E-state index in [0.29, 0.717) is 17.9 Å². The van der Waals surface area contributed by atoms with Crippen LogP contribution in [-0.2, 0) is 11.2 Å². The van der Waals surface area contributed by atoms with E-state index in [1.54, 1.807) is 0 Å². The molecule has 0 bridgehead atoms. The first-order valence-electron chi connectivity index (χ1n) is 5.01. The van der Waals surface area contributed by atoms with Crippen LogP contribution in [0.3, 0.4) is 0 Å². The van der Waals surface area contributed by atoms with Crippen molar-refractivity contribution in [1.82, 2.24) is 5.32 Å². The molecule has 0 radical (unpaired) electrons. The fourth-order valence-electron chi connectivity index (χ4n) is 1.23. The minimum Gasteiger partial charge on any atom is -0.410 e. The summed E-state index contributed by atoms with van der Waals surface area (Å²) in [5, 5.41) is 14.2. The summed E-state index contributed by atoms with van der Waals surface area (Å²) in [6.45, 7) is 0.393. The van der Waals surface area contributed by atoms with Gasteiger partial charge in [0.25, 0.3) is 5.91 Å². The van der Waals surface area contributed by atoms with Gasteiger partial charge in [-0.3, -0.25) is 4.79 Å². The highest BCUT2D eigenvalue weighted by molar-refractivity contribution is 7.80. The molecule has 1 aromatic rings. The zero-order valence-corrected chi connectivity index (χ0v) is 9.95. The van der Waals surface area contributed by atoms with Crippen LogP contribution in [0.1, 0.15) is 5.56 Å². The lowest BCUT2D eigenvalue weighted by molar-refractivity contribution is -0.114. The number of halogens is 1. The lowest BCUT2D eigenvalue weighted by Crippen LogP contribution is -2.33. The number of nitrogens with one attached hydrogen (secondary N) is 1. The number of benzene rings is 1. The molecule has 92 valence electrons. The molecule has 2 N–H and O–H groups in total. The summed E-state index contributed by atoms with van der Waals surface area (Å²) >= 11 is 3.94. The Bertz CT molecular complexity index is 406. The van der Waals surface area contributed by atoms with Gasteiger partial charge in [-0.05, 0) is 17.7 Å². The van der Waals surface area contributed by atoms with Gasteiger partial charge in [0.15, 0.2) is 0 Å². The predicted molar refractivity (Wildman–Crippen MR) is 66.2 cm³/mol. The van der Waals surface area contributed by atoms with E-state index in [0.717, 1.165) is 0 Å². The van der Waals surface area contributed by atoms with E-state index in [-0.39, 0.29) is 17.9 Å². The zero-order chi connectivity index (χ0) is 12.7. The number of carbonyl (C=O) groups excluding carboxylic acids is 1. The average Bonchev–Trinajstić information content (AvgIpc) is 2.35. The fourth-order valence-corrected chi connectivity index (χ4v) is 1.34. The number of oxime groups is 1. The van der Waals surface area contributed by atoms with Gasteiger partial charge in [-0.1, -0.05) is 17.3 Å². The van der Waals surface area contributed by atoms with Crippen molar-refractivity contribution in [3.05, 3.63) is 35.6 Å². The second-order valence-electron chi connectivity index (χ2n) is 3.33. The van der Waals surface area contributed by atoms with Crippen molar-refractivity contribution < 1.29 is 14.4 Å². The normalized spacial score (nSPS) is 11.3. The molecule has 0 saturated heterocycles. The van der Waals surface area contributed by atoms with Crippen molar-refractivity contribution in [2.75, 3.05) is 12.3 Å². The molecule has 4 nitrogen and oxygen atoms in total. The maximum Gasteiger partial charge on any atom is 0.269 e. The molecule has 0 aliphatic rings. The summed E-state index contributed by atoms with van der Waals surface area (Å²) in [5.41, 5.74) is 0.679. The maximum absolute atomic E-state index is 12.7. The molecule has 0 fully saturated rings. The SMILES string of the molecule is O=C(NCCS)/C(Cc1ccc(F)cc1)=N/O. The summed E-state index contributed by atoms with van der Waals surface area (Å²) in [6, 6.07) is 5.64. The molecule has 1 rings (SSSR count). The van der Waals surface area contributed by atoms with Gasteiger partial charge in [0.05, 0.1) is 0 Å². The summed E-state index contributed by atoms with van der Waals surface area (Å²) in [6.07, 6.45) is 0.148. The molecule has 0 heterocycles. The molecule has 1 aromatic carbocycles. The van der Waals surface area contributed by atoms with E-state index in [1.165, 1.54) is 24.3 Å². The highest BCUT2D eigenvalue weighted by Crippen LogP contribution is 2.04. The molecule has 0 aliphatic carbocycles. The van der Waals surface area contributed by atoms with Crippen LogP contribution in [0, 0.1) is 5.82 Å². The Hall–Kier alpha value is -1.56. The number of nitrogens with zero attached hydrogens (tertiary/aromatic N) is 1. The third kappa shape index (κ3) is 4.44. The quantitative estimate of drug-likeness (QED) is 0.321. The number of thiol groups is 1. The lowest BCUT2D eigenvalue weighted by Gasteiger charge is -2.05. The van der Waals surface area contributed by atoms with Crippen LogP contribution in [0.25, 0.3) is 0 Å². The Balaban J connectivity index is 2.64. The summed E-state index contributed by atoms with van der Waals surface area (Å²) < 4.78 is 12.7. The van der Waals surface area contributed by atoms with Crippen molar-refractivity contribution >= 4 is 24.2 Å². The van der Waals surface area contributed by atoms with E-state index in [9.17, 15) is 9.18 Å². The van der Waals surface area contributed by atoms with E-state index in [2.05, 4.69) is 23.1 Å². The van der Waals surface area contributed by atoms with Crippen LogP contribution in [0.4, 0.5) is 4.39 Å². The number of carbonyl (C=O) groups is 1. The minimum absolute atomic E-state index is 0.0154. The monoisotopic (exact) mass is 256 g/mol. The Morgan fingerprint density at radius 2 is 2.06 bits per heavy atom. The van der Waals surface area contributed by atoms with Gasteiger partial charge in [0.2, 0.25) is 0 Å². The smallest absolute Gasteiger partial charge is 0.269 e. The Morgan fingerprint density at radius 1 is 1.41 bits per heavy atom. The average molecular weight is 256 g/mol. The second kappa shape index (κ2) is 6.90. The molecular formula is C11H13FN2O2S. The molecule has 0 spiro atoms. The third-order valence-electron chi connectivity index (χ3n) is 2.07. The van der Waals surface area contributed by atoms with E-state index < -0.39 is 5.91 Å². The fraction of sp³-hybridized carbons (Fsp3) is 0.273. The summed E-state index contributed by atoms with van der Waals surface area (Å²) in [7, 11) is 0. The predicted octanol–water partition coefficient (Wildman–Crippen LogP) is 1.24. The number of hydrogen-bond acceptors (Lipinski definition) is 4. The van der Waals surface area contributed by atoms with Gasteiger partial charge in [-0.15, -0.1) is 0 Å². The molecule has 0 aliphatic heterocycles. The number of rotatable bonds is 5. The van der Waals surface area contributed by atoms with Crippen molar-refractivity contribution in [2.45, 2.75) is 6.42 Å². The first-order valence-corrected chi connectivity index (χ1v) is 5.65. The molecule has 1 amide bonds. The Labute approximate surface area is 104 Å². The Kier molecular flexibility index (Phi) is 5.48. The van der Waals surface area contributed by atoms with Crippen LogP contribution in [0.2, 0.25) is 0 Å². The highest BCUT2D eigenvalue weighted by atomic mass is 32.1. The first-order chi connectivity index (χ1) is 8.17. The molecule has 6 heteroatoms. The maximum atomic E-state index is 12.7. The van der Waals surface area contributed by atoms with Gasteiger partial charge < -0.3 is 10.5 Å². The zero-order valence-electron chi connectivity index (χ0n) is 9.06. The lowest BCUT2D eigenvalue weighted by atomic mass is 10.1. The van der Waals surface area contributed by atoms with Crippen LogP contribution >= 0.6 is 12.6 Å². The van der Waals surface area contributed by atoms with Crippen molar-refractivity contribution in [1.29, 1.82) is 0 Å². The third-order valence-corrected chi connectivity index (χ3v) is 2.29. The topological polar surface area (TPSA) is 61.7 Å². The first kappa shape index (κ1) is 13.5.